The molecule has 2 aromatic carbocycles. The van der Waals surface area contributed by atoms with Gasteiger partial charge in [-0.1, -0.05) is 30.3 Å². The maximum atomic E-state index is 13.5. The van der Waals surface area contributed by atoms with Crippen molar-refractivity contribution in [1.82, 2.24) is 9.38 Å². The van der Waals surface area contributed by atoms with E-state index in [2.05, 4.69) is 52.3 Å². The molecule has 1 saturated heterocycles. The SMILES string of the molecule is Fc1ccc(-c2nc3ccc(-c4ccccc4)cn3c2C[NH+]2CC[NH2+]CC2)cc1. The standard InChI is InChI=1S/C24H23FN4/c25-21-9-6-19(7-10-21)24-22(17-28-14-12-26-13-15-28)29-16-20(8-11-23(29)27-24)18-4-2-1-3-5-18/h1-11,16,26H,12-15,17H2/p+2. The number of rotatable bonds is 4. The number of aromatic nitrogens is 2. The zero-order valence-electron chi connectivity index (χ0n) is 16.3. The summed E-state index contributed by atoms with van der Waals surface area (Å²) in [4.78, 5) is 6.50. The summed E-state index contributed by atoms with van der Waals surface area (Å²) in [7, 11) is 0. The number of nitrogens with two attached hydrogens (primary N) is 1. The third-order valence-corrected chi connectivity index (χ3v) is 5.76. The fourth-order valence-electron chi connectivity index (χ4n) is 4.20. The second-order valence-corrected chi connectivity index (χ2v) is 7.72. The van der Waals surface area contributed by atoms with Crippen LogP contribution in [0.15, 0.2) is 72.9 Å². The van der Waals surface area contributed by atoms with E-state index in [1.807, 2.05) is 18.2 Å². The summed E-state index contributed by atoms with van der Waals surface area (Å²) >= 11 is 0. The average molecular weight is 388 g/mol. The van der Waals surface area contributed by atoms with Gasteiger partial charge in [0.05, 0.1) is 5.69 Å². The Labute approximate surface area is 169 Å². The molecule has 0 spiro atoms. The number of nitrogens with one attached hydrogen (secondary N) is 1. The van der Waals surface area contributed by atoms with E-state index in [4.69, 9.17) is 4.98 Å². The molecule has 0 saturated carbocycles. The lowest BCUT2D eigenvalue weighted by atomic mass is 10.1. The molecule has 3 heterocycles. The fourth-order valence-corrected chi connectivity index (χ4v) is 4.20. The summed E-state index contributed by atoms with van der Waals surface area (Å²) in [6, 6.07) is 21.3. The Morgan fingerprint density at radius 3 is 2.34 bits per heavy atom. The summed E-state index contributed by atoms with van der Waals surface area (Å²) in [5.41, 5.74) is 6.41. The van der Waals surface area contributed by atoms with E-state index in [9.17, 15) is 4.39 Å². The Balaban J connectivity index is 1.64. The van der Waals surface area contributed by atoms with Crippen LogP contribution in [0.3, 0.4) is 0 Å². The van der Waals surface area contributed by atoms with E-state index < -0.39 is 0 Å². The summed E-state index contributed by atoms with van der Waals surface area (Å²) in [5.74, 6) is -0.220. The molecule has 3 N–H and O–H groups in total. The summed E-state index contributed by atoms with van der Waals surface area (Å²) < 4.78 is 15.7. The number of nitrogens with zero attached hydrogens (tertiary/aromatic N) is 2. The highest BCUT2D eigenvalue weighted by Gasteiger charge is 2.22. The number of benzene rings is 2. The van der Waals surface area contributed by atoms with E-state index in [0.29, 0.717) is 0 Å². The molecule has 2 aromatic heterocycles. The smallest absolute Gasteiger partial charge is 0.137 e. The van der Waals surface area contributed by atoms with Crippen molar-refractivity contribution in [3.63, 3.8) is 0 Å². The molecule has 4 aromatic rings. The highest BCUT2D eigenvalue weighted by molar-refractivity contribution is 5.70. The van der Waals surface area contributed by atoms with Crippen molar-refractivity contribution in [2.24, 2.45) is 0 Å². The third kappa shape index (κ3) is 3.67. The maximum Gasteiger partial charge on any atom is 0.137 e. The van der Waals surface area contributed by atoms with Crippen LogP contribution in [-0.2, 0) is 6.54 Å². The lowest BCUT2D eigenvalue weighted by Gasteiger charge is -2.22. The van der Waals surface area contributed by atoms with E-state index in [-0.39, 0.29) is 5.82 Å². The molecule has 1 aliphatic rings. The van der Waals surface area contributed by atoms with Gasteiger partial charge in [0.15, 0.2) is 0 Å². The Bertz CT molecular complexity index is 1110. The quantitative estimate of drug-likeness (QED) is 0.550. The van der Waals surface area contributed by atoms with Crippen LogP contribution in [0.4, 0.5) is 4.39 Å². The number of imidazole rings is 1. The van der Waals surface area contributed by atoms with Gasteiger partial charge in [-0.15, -0.1) is 0 Å². The molecule has 1 aliphatic heterocycles. The number of quaternary nitrogens is 2. The second-order valence-electron chi connectivity index (χ2n) is 7.72. The minimum Gasteiger partial charge on any atom is -0.337 e. The summed E-state index contributed by atoms with van der Waals surface area (Å²) in [6.45, 7) is 5.53. The minimum atomic E-state index is -0.220. The number of halogens is 1. The van der Waals surface area contributed by atoms with Gasteiger partial charge in [-0.05, 0) is 47.5 Å². The largest absolute Gasteiger partial charge is 0.337 e. The van der Waals surface area contributed by atoms with Gasteiger partial charge in [-0.2, -0.15) is 0 Å². The lowest BCUT2D eigenvalue weighted by molar-refractivity contribution is -0.958. The van der Waals surface area contributed by atoms with Crippen LogP contribution in [0.1, 0.15) is 5.69 Å². The highest BCUT2D eigenvalue weighted by Crippen LogP contribution is 2.27. The predicted molar refractivity (Wildman–Crippen MR) is 112 cm³/mol. The van der Waals surface area contributed by atoms with Crippen molar-refractivity contribution < 1.29 is 14.6 Å². The van der Waals surface area contributed by atoms with Crippen molar-refractivity contribution in [2.45, 2.75) is 6.54 Å². The molecule has 0 unspecified atom stereocenters. The molecule has 0 bridgehead atoms. The van der Waals surface area contributed by atoms with Gasteiger partial charge in [-0.3, -0.25) is 4.40 Å². The van der Waals surface area contributed by atoms with Crippen molar-refractivity contribution in [3.05, 3.63) is 84.4 Å². The Morgan fingerprint density at radius 1 is 0.862 bits per heavy atom. The Kier molecular flexibility index (Phi) is 4.84. The monoisotopic (exact) mass is 388 g/mol. The molecule has 0 aliphatic carbocycles. The van der Waals surface area contributed by atoms with Crippen LogP contribution in [0.25, 0.3) is 28.0 Å². The van der Waals surface area contributed by atoms with Crippen molar-refractivity contribution in [2.75, 3.05) is 26.2 Å². The van der Waals surface area contributed by atoms with Crippen LogP contribution in [0.5, 0.6) is 0 Å². The van der Waals surface area contributed by atoms with E-state index in [1.54, 1.807) is 4.90 Å². The molecular weight excluding hydrogens is 363 g/mol. The van der Waals surface area contributed by atoms with Crippen LogP contribution in [0.2, 0.25) is 0 Å². The predicted octanol–water partition coefficient (Wildman–Crippen LogP) is 1.77. The van der Waals surface area contributed by atoms with Crippen LogP contribution in [0, 0.1) is 5.82 Å². The molecule has 29 heavy (non-hydrogen) atoms. The fraction of sp³-hybridized carbons (Fsp3) is 0.208. The highest BCUT2D eigenvalue weighted by atomic mass is 19.1. The van der Waals surface area contributed by atoms with Gasteiger partial charge in [-0.25, -0.2) is 9.37 Å². The number of hydrogen-bond donors (Lipinski definition) is 2. The number of hydrogen-bond acceptors (Lipinski definition) is 1. The third-order valence-electron chi connectivity index (χ3n) is 5.76. The second kappa shape index (κ2) is 7.78. The molecular formula is C24H25FN4+2. The molecule has 5 rings (SSSR count). The van der Waals surface area contributed by atoms with Crippen molar-refractivity contribution in [3.8, 4) is 22.4 Å². The van der Waals surface area contributed by atoms with Gasteiger partial charge in [0.1, 0.15) is 49.9 Å². The maximum absolute atomic E-state index is 13.5. The summed E-state index contributed by atoms with van der Waals surface area (Å²) in [6.07, 6.45) is 2.19. The normalized spacial score (nSPS) is 15.1. The van der Waals surface area contributed by atoms with Crippen LogP contribution in [-0.4, -0.2) is 35.6 Å². The van der Waals surface area contributed by atoms with E-state index in [0.717, 1.165) is 49.6 Å². The van der Waals surface area contributed by atoms with E-state index >= 15 is 0 Å². The summed E-state index contributed by atoms with van der Waals surface area (Å²) in [5, 5.41) is 2.38. The molecule has 0 atom stereocenters. The van der Waals surface area contributed by atoms with Crippen molar-refractivity contribution >= 4 is 5.65 Å². The molecule has 146 valence electrons. The van der Waals surface area contributed by atoms with Gasteiger partial charge in [0.2, 0.25) is 0 Å². The zero-order valence-corrected chi connectivity index (χ0v) is 16.3. The zero-order chi connectivity index (χ0) is 19.6. The average Bonchev–Trinajstić information content (AvgIpc) is 3.13. The number of piperazine rings is 1. The minimum absolute atomic E-state index is 0.220. The first kappa shape index (κ1) is 18.0. The Morgan fingerprint density at radius 2 is 1.59 bits per heavy atom. The molecule has 1 fully saturated rings. The number of fused-ring (bicyclic) bond motifs is 1. The number of pyridine rings is 1. The van der Waals surface area contributed by atoms with Crippen molar-refractivity contribution in [1.29, 1.82) is 0 Å². The van der Waals surface area contributed by atoms with Crippen LogP contribution >= 0.6 is 0 Å². The first-order chi connectivity index (χ1) is 14.3. The molecule has 4 nitrogen and oxygen atoms in total. The topological polar surface area (TPSA) is 38.4 Å². The molecule has 5 heteroatoms. The first-order valence-corrected chi connectivity index (χ1v) is 10.3. The van der Waals surface area contributed by atoms with Crippen LogP contribution < -0.4 is 10.2 Å². The molecule has 0 amide bonds. The Hall–Kier alpha value is -3.02. The van der Waals surface area contributed by atoms with Gasteiger partial charge in [0.25, 0.3) is 0 Å². The van der Waals surface area contributed by atoms with Gasteiger partial charge >= 0.3 is 0 Å². The van der Waals surface area contributed by atoms with Gasteiger partial charge < -0.3 is 10.2 Å². The lowest BCUT2D eigenvalue weighted by Crippen LogP contribution is -3.19. The van der Waals surface area contributed by atoms with E-state index in [1.165, 1.54) is 29.0 Å². The van der Waals surface area contributed by atoms with Gasteiger partial charge in [0, 0.05) is 11.8 Å². The molecule has 0 radical (unpaired) electrons. The first-order valence-electron chi connectivity index (χ1n) is 10.3.